The number of hydrogen-bond donors (Lipinski definition) is 1. The molecule has 12 heavy (non-hydrogen) atoms. The highest BCUT2D eigenvalue weighted by atomic mass is 14.4. The van der Waals surface area contributed by atoms with Crippen LogP contribution < -0.4 is 0 Å². The van der Waals surface area contributed by atoms with Crippen LogP contribution in [0.4, 0.5) is 0 Å². The molecule has 1 nitrogen and oxygen atoms in total. The minimum atomic E-state index is 0.521. The maximum atomic E-state index is 7.27. The van der Waals surface area contributed by atoms with E-state index in [0.717, 1.165) is 11.8 Å². The molecule has 1 N–H and O–H groups in total. The molecule has 0 aliphatic carbocycles. The minimum absolute atomic E-state index is 0.521. The lowest BCUT2D eigenvalue weighted by molar-refractivity contribution is 0.351. The van der Waals surface area contributed by atoms with Crippen LogP contribution in [-0.2, 0) is 0 Å². The summed E-state index contributed by atoms with van der Waals surface area (Å²) in [7, 11) is 0. The van der Waals surface area contributed by atoms with Crippen molar-refractivity contribution >= 4 is 6.21 Å². The smallest absolute Gasteiger partial charge is 0.00166 e. The summed E-state index contributed by atoms with van der Waals surface area (Å²) in [5.41, 5.74) is 0. The van der Waals surface area contributed by atoms with Crippen molar-refractivity contribution in [2.75, 3.05) is 0 Å². The molecule has 0 aromatic carbocycles. The summed E-state index contributed by atoms with van der Waals surface area (Å²) in [4.78, 5) is 0. The molecule has 0 aliphatic rings. The van der Waals surface area contributed by atoms with Gasteiger partial charge in [0.1, 0.15) is 0 Å². The Morgan fingerprint density at radius 2 is 1.83 bits per heavy atom. The fourth-order valence-electron chi connectivity index (χ4n) is 1.39. The average molecular weight is 169 g/mol. The van der Waals surface area contributed by atoms with E-state index in [-0.39, 0.29) is 0 Å². The molecule has 0 aromatic rings. The molecular weight excluding hydrogens is 146 g/mol. The van der Waals surface area contributed by atoms with Crippen molar-refractivity contribution < 1.29 is 0 Å². The van der Waals surface area contributed by atoms with E-state index >= 15 is 0 Å². The van der Waals surface area contributed by atoms with Crippen molar-refractivity contribution in [1.29, 1.82) is 5.41 Å². The zero-order valence-electron chi connectivity index (χ0n) is 8.93. The first kappa shape index (κ1) is 11.7. The van der Waals surface area contributed by atoms with Crippen LogP contribution in [-0.4, -0.2) is 6.21 Å². The maximum Gasteiger partial charge on any atom is -0.00166 e. The van der Waals surface area contributed by atoms with Crippen molar-refractivity contribution in [1.82, 2.24) is 0 Å². The van der Waals surface area contributed by atoms with E-state index in [2.05, 4.69) is 27.7 Å². The van der Waals surface area contributed by atoms with Crippen LogP contribution in [0.1, 0.15) is 47.0 Å². The quantitative estimate of drug-likeness (QED) is 0.586. The van der Waals surface area contributed by atoms with Gasteiger partial charge in [0.05, 0.1) is 0 Å². The Bertz CT molecular complexity index is 118. The first-order chi connectivity index (χ1) is 5.61. The molecule has 0 amide bonds. The number of nitrogens with one attached hydrogen (secondary N) is 1. The second-order valence-corrected chi connectivity index (χ2v) is 4.17. The summed E-state index contributed by atoms with van der Waals surface area (Å²) in [6.07, 6.45) is 5.20. The predicted octanol–water partition coefficient (Wildman–Crippen LogP) is 3.73. The third-order valence-corrected chi connectivity index (χ3v) is 2.71. The van der Waals surface area contributed by atoms with Gasteiger partial charge in [0.2, 0.25) is 0 Å². The van der Waals surface area contributed by atoms with Crippen LogP contribution in [0.5, 0.6) is 0 Å². The third-order valence-electron chi connectivity index (χ3n) is 2.71. The Balaban J connectivity index is 3.76. The first-order valence-corrected chi connectivity index (χ1v) is 5.12. The highest BCUT2D eigenvalue weighted by molar-refractivity contribution is 5.56. The van der Waals surface area contributed by atoms with Gasteiger partial charge in [-0.05, 0) is 36.8 Å². The van der Waals surface area contributed by atoms with Gasteiger partial charge < -0.3 is 5.41 Å². The Morgan fingerprint density at radius 3 is 2.17 bits per heavy atom. The fourth-order valence-corrected chi connectivity index (χ4v) is 1.39. The van der Waals surface area contributed by atoms with E-state index in [1.165, 1.54) is 19.3 Å². The highest BCUT2D eigenvalue weighted by Crippen LogP contribution is 2.21. The van der Waals surface area contributed by atoms with E-state index < -0.39 is 0 Å². The van der Waals surface area contributed by atoms with Gasteiger partial charge in [0.15, 0.2) is 0 Å². The van der Waals surface area contributed by atoms with E-state index in [0.29, 0.717) is 5.92 Å². The van der Waals surface area contributed by atoms with Gasteiger partial charge in [-0.25, -0.2) is 0 Å². The molecule has 0 rings (SSSR count). The lowest BCUT2D eigenvalue weighted by Gasteiger charge is -2.19. The largest absolute Gasteiger partial charge is 0.313 e. The van der Waals surface area contributed by atoms with E-state index in [9.17, 15) is 0 Å². The third kappa shape index (κ3) is 4.53. The monoisotopic (exact) mass is 169 g/mol. The minimum Gasteiger partial charge on any atom is -0.313 e. The molecule has 0 saturated carbocycles. The summed E-state index contributed by atoms with van der Waals surface area (Å²) in [6.45, 7) is 9.00. The molecule has 2 atom stereocenters. The SMILES string of the molecule is CCCC(C=N)C[C@@H](C)C(C)C. The van der Waals surface area contributed by atoms with Crippen molar-refractivity contribution in [2.24, 2.45) is 17.8 Å². The molecule has 0 radical (unpaired) electrons. The van der Waals surface area contributed by atoms with Gasteiger partial charge in [0.25, 0.3) is 0 Å². The van der Waals surface area contributed by atoms with Gasteiger partial charge in [0, 0.05) is 0 Å². The van der Waals surface area contributed by atoms with Crippen LogP contribution in [0.2, 0.25) is 0 Å². The molecular formula is C11H23N. The summed E-state index contributed by atoms with van der Waals surface area (Å²) < 4.78 is 0. The molecule has 0 spiro atoms. The van der Waals surface area contributed by atoms with Gasteiger partial charge in [-0.1, -0.05) is 34.1 Å². The van der Waals surface area contributed by atoms with Crippen LogP contribution in [0, 0.1) is 23.2 Å². The normalized spacial score (nSPS) is 16.1. The summed E-state index contributed by atoms with van der Waals surface area (Å²) in [5, 5.41) is 7.27. The first-order valence-electron chi connectivity index (χ1n) is 5.12. The van der Waals surface area contributed by atoms with Crippen LogP contribution in [0.3, 0.4) is 0 Å². The van der Waals surface area contributed by atoms with Crippen LogP contribution in [0.25, 0.3) is 0 Å². The fraction of sp³-hybridized carbons (Fsp3) is 0.909. The molecule has 0 fully saturated rings. The van der Waals surface area contributed by atoms with Gasteiger partial charge in [-0.3, -0.25) is 0 Å². The van der Waals surface area contributed by atoms with Crippen LogP contribution >= 0.6 is 0 Å². The Kier molecular flexibility index (Phi) is 6.04. The molecule has 0 bridgehead atoms. The van der Waals surface area contributed by atoms with Crippen molar-refractivity contribution in [3.63, 3.8) is 0 Å². The Morgan fingerprint density at radius 1 is 1.25 bits per heavy atom. The number of rotatable bonds is 6. The van der Waals surface area contributed by atoms with E-state index in [1.54, 1.807) is 6.21 Å². The van der Waals surface area contributed by atoms with E-state index in [4.69, 9.17) is 5.41 Å². The molecule has 1 heteroatoms. The summed E-state index contributed by atoms with van der Waals surface area (Å²) in [6, 6.07) is 0. The van der Waals surface area contributed by atoms with Gasteiger partial charge in [-0.15, -0.1) is 0 Å². The molecule has 0 heterocycles. The summed E-state index contributed by atoms with van der Waals surface area (Å²) in [5.74, 6) is 2.03. The topological polar surface area (TPSA) is 23.9 Å². The highest BCUT2D eigenvalue weighted by Gasteiger charge is 2.12. The van der Waals surface area contributed by atoms with Crippen molar-refractivity contribution in [3.05, 3.63) is 0 Å². The van der Waals surface area contributed by atoms with Gasteiger partial charge in [-0.2, -0.15) is 0 Å². The Hall–Kier alpha value is -0.330. The second-order valence-electron chi connectivity index (χ2n) is 4.17. The van der Waals surface area contributed by atoms with Crippen molar-refractivity contribution in [2.45, 2.75) is 47.0 Å². The lowest BCUT2D eigenvalue weighted by Crippen LogP contribution is -2.11. The number of hydrogen-bond acceptors (Lipinski definition) is 1. The lowest BCUT2D eigenvalue weighted by atomic mass is 9.86. The van der Waals surface area contributed by atoms with Crippen LogP contribution in [0.15, 0.2) is 0 Å². The molecule has 1 unspecified atom stereocenters. The molecule has 72 valence electrons. The second kappa shape index (κ2) is 6.22. The molecule has 0 aliphatic heterocycles. The average Bonchev–Trinajstić information content (AvgIpc) is 2.03. The predicted molar refractivity (Wildman–Crippen MR) is 55.8 cm³/mol. The summed E-state index contributed by atoms with van der Waals surface area (Å²) >= 11 is 0. The molecule has 0 saturated heterocycles. The maximum absolute atomic E-state index is 7.27. The zero-order valence-corrected chi connectivity index (χ0v) is 8.93. The zero-order chi connectivity index (χ0) is 9.56. The van der Waals surface area contributed by atoms with Gasteiger partial charge >= 0.3 is 0 Å². The van der Waals surface area contributed by atoms with E-state index in [1.807, 2.05) is 0 Å². The van der Waals surface area contributed by atoms with Crippen molar-refractivity contribution in [3.8, 4) is 0 Å². The Labute approximate surface area is 77.1 Å². The standard InChI is InChI=1S/C11H23N/c1-5-6-11(8-12)7-10(4)9(2)3/h8-12H,5-7H2,1-4H3/t10-,11?/m1/s1. The molecule has 0 aromatic heterocycles.